The van der Waals surface area contributed by atoms with E-state index in [-0.39, 0.29) is 30.9 Å². The Bertz CT molecular complexity index is 1020. The van der Waals surface area contributed by atoms with Gasteiger partial charge in [0.25, 0.3) is 5.91 Å². The molecule has 8 nitrogen and oxygen atoms in total. The maximum atomic E-state index is 12.1. The van der Waals surface area contributed by atoms with Gasteiger partial charge in [0, 0.05) is 10.2 Å². The van der Waals surface area contributed by atoms with Crippen LogP contribution in [0.3, 0.4) is 0 Å². The number of nitrogens with zero attached hydrogens (tertiary/aromatic N) is 3. The van der Waals surface area contributed by atoms with Crippen molar-refractivity contribution in [2.75, 3.05) is 17.2 Å². The molecule has 0 radical (unpaired) electrons. The molecule has 1 aliphatic rings. The number of halogens is 1. The van der Waals surface area contributed by atoms with Crippen LogP contribution in [0.5, 0.6) is 5.75 Å². The number of carbonyl (C=O) groups is 2. The predicted octanol–water partition coefficient (Wildman–Crippen LogP) is 2.99. The molecule has 3 aromatic rings. The van der Waals surface area contributed by atoms with Gasteiger partial charge in [0.1, 0.15) is 12.1 Å². The fraction of sp³-hybridized carbons (Fsp3) is 0.158. The molecule has 28 heavy (non-hydrogen) atoms. The van der Waals surface area contributed by atoms with Gasteiger partial charge in [-0.15, -0.1) is 0 Å². The maximum Gasteiger partial charge on any atom is 0.262 e. The number of nitrogens with one attached hydrogen (secondary N) is 2. The molecule has 1 atom stereocenters. The summed E-state index contributed by atoms with van der Waals surface area (Å²) >= 11 is 3.35. The topological polar surface area (TPSA) is 98.1 Å². The Morgan fingerprint density at radius 3 is 2.93 bits per heavy atom. The van der Waals surface area contributed by atoms with Gasteiger partial charge < -0.3 is 10.1 Å². The average Bonchev–Trinajstić information content (AvgIpc) is 3.16. The largest absolute Gasteiger partial charge is 0.484 e. The van der Waals surface area contributed by atoms with E-state index in [4.69, 9.17) is 4.74 Å². The molecule has 2 N–H and O–H groups in total. The van der Waals surface area contributed by atoms with Gasteiger partial charge in [-0.1, -0.05) is 28.1 Å². The molecule has 0 saturated heterocycles. The molecule has 4 rings (SSSR count). The van der Waals surface area contributed by atoms with E-state index < -0.39 is 0 Å². The zero-order valence-corrected chi connectivity index (χ0v) is 16.2. The van der Waals surface area contributed by atoms with Crippen molar-refractivity contribution < 1.29 is 14.3 Å². The van der Waals surface area contributed by atoms with Crippen LogP contribution < -0.4 is 15.4 Å². The van der Waals surface area contributed by atoms with Crippen LogP contribution in [0, 0.1) is 0 Å². The highest BCUT2D eigenvalue weighted by atomic mass is 79.9. The lowest BCUT2D eigenvalue weighted by atomic mass is 10.0. The standard InChI is InChI=1S/C19H16BrN5O3/c20-13-4-6-14(7-5-13)23-18(27)10-28-15-3-1-2-12(8-15)16-9-17(26)24-19-21-11-22-25(16)19/h1-8,11,16H,9-10H2,(H,23,27)(H,21,22,24,26)/t16-/m0/s1. The zero-order valence-electron chi connectivity index (χ0n) is 14.6. The third-order valence-corrected chi connectivity index (χ3v) is 4.77. The number of anilines is 2. The van der Waals surface area contributed by atoms with E-state index in [0.717, 1.165) is 10.0 Å². The van der Waals surface area contributed by atoms with Gasteiger partial charge in [-0.25, -0.2) is 4.68 Å². The first-order valence-corrected chi connectivity index (χ1v) is 9.35. The van der Waals surface area contributed by atoms with Crippen molar-refractivity contribution in [2.45, 2.75) is 12.5 Å². The molecular formula is C19H16BrN5O3. The van der Waals surface area contributed by atoms with Crippen molar-refractivity contribution in [1.82, 2.24) is 14.8 Å². The minimum absolute atomic E-state index is 0.120. The monoisotopic (exact) mass is 441 g/mol. The molecule has 1 aromatic heterocycles. The van der Waals surface area contributed by atoms with Crippen molar-refractivity contribution in [2.24, 2.45) is 0 Å². The highest BCUT2D eigenvalue weighted by Gasteiger charge is 2.27. The van der Waals surface area contributed by atoms with E-state index >= 15 is 0 Å². The highest BCUT2D eigenvalue weighted by molar-refractivity contribution is 9.10. The summed E-state index contributed by atoms with van der Waals surface area (Å²) in [5.74, 6) is 0.576. The SMILES string of the molecule is O=C(COc1cccc([C@@H]2CC(=O)Nc3ncnn32)c1)Nc1ccc(Br)cc1. The van der Waals surface area contributed by atoms with Crippen LogP contribution in [0.15, 0.2) is 59.3 Å². The van der Waals surface area contributed by atoms with Crippen LogP contribution in [0.4, 0.5) is 11.6 Å². The lowest BCUT2D eigenvalue weighted by Crippen LogP contribution is -2.29. The first kappa shape index (κ1) is 18.2. The van der Waals surface area contributed by atoms with E-state index in [1.807, 2.05) is 30.3 Å². The van der Waals surface area contributed by atoms with Gasteiger partial charge >= 0.3 is 0 Å². The first-order valence-electron chi connectivity index (χ1n) is 8.56. The van der Waals surface area contributed by atoms with E-state index in [1.54, 1.807) is 22.9 Å². The summed E-state index contributed by atoms with van der Waals surface area (Å²) in [4.78, 5) is 28.1. The summed E-state index contributed by atoms with van der Waals surface area (Å²) in [7, 11) is 0. The Morgan fingerprint density at radius 2 is 2.11 bits per heavy atom. The number of fused-ring (bicyclic) bond motifs is 1. The molecule has 2 aromatic carbocycles. The third-order valence-electron chi connectivity index (χ3n) is 4.24. The smallest absolute Gasteiger partial charge is 0.262 e. The summed E-state index contributed by atoms with van der Waals surface area (Å²) in [6, 6.07) is 14.3. The second-order valence-electron chi connectivity index (χ2n) is 6.21. The minimum Gasteiger partial charge on any atom is -0.484 e. The summed E-state index contributed by atoms with van der Waals surface area (Å²) in [5.41, 5.74) is 1.55. The first-order chi connectivity index (χ1) is 13.6. The summed E-state index contributed by atoms with van der Waals surface area (Å²) in [6.07, 6.45) is 1.66. The molecule has 0 aliphatic carbocycles. The quantitative estimate of drug-likeness (QED) is 0.633. The Labute approximate surface area is 169 Å². The lowest BCUT2D eigenvalue weighted by molar-refractivity contribution is -0.118. The Balaban J connectivity index is 1.42. The summed E-state index contributed by atoms with van der Waals surface area (Å²) in [5, 5.41) is 9.65. The Morgan fingerprint density at radius 1 is 1.29 bits per heavy atom. The number of hydrogen-bond donors (Lipinski definition) is 2. The van der Waals surface area contributed by atoms with Gasteiger partial charge in [-0.2, -0.15) is 10.1 Å². The summed E-state index contributed by atoms with van der Waals surface area (Å²) < 4.78 is 8.23. The second kappa shape index (κ2) is 7.81. The lowest BCUT2D eigenvalue weighted by Gasteiger charge is -2.24. The summed E-state index contributed by atoms with van der Waals surface area (Å²) in [6.45, 7) is -0.126. The number of amides is 2. The fourth-order valence-corrected chi connectivity index (χ4v) is 3.22. The molecule has 9 heteroatoms. The predicted molar refractivity (Wildman–Crippen MR) is 106 cm³/mol. The zero-order chi connectivity index (χ0) is 19.5. The maximum absolute atomic E-state index is 12.1. The molecular weight excluding hydrogens is 426 g/mol. The van der Waals surface area contributed by atoms with Gasteiger partial charge in [0.2, 0.25) is 11.9 Å². The van der Waals surface area contributed by atoms with Crippen molar-refractivity contribution >= 4 is 39.4 Å². The Hall–Kier alpha value is -3.20. The van der Waals surface area contributed by atoms with Gasteiger partial charge in [0.05, 0.1) is 12.5 Å². The molecule has 1 aliphatic heterocycles. The molecule has 0 saturated carbocycles. The molecule has 0 spiro atoms. The van der Waals surface area contributed by atoms with E-state index in [2.05, 4.69) is 36.6 Å². The third kappa shape index (κ3) is 4.04. The molecule has 2 heterocycles. The molecule has 2 amide bonds. The molecule has 0 fully saturated rings. The average molecular weight is 442 g/mol. The van der Waals surface area contributed by atoms with Crippen molar-refractivity contribution in [3.05, 3.63) is 64.9 Å². The van der Waals surface area contributed by atoms with Crippen LogP contribution in [0.1, 0.15) is 18.0 Å². The van der Waals surface area contributed by atoms with Crippen molar-refractivity contribution in [1.29, 1.82) is 0 Å². The Kier molecular flexibility index (Phi) is 5.07. The van der Waals surface area contributed by atoms with Gasteiger partial charge in [-0.3, -0.25) is 14.9 Å². The van der Waals surface area contributed by atoms with E-state index in [1.165, 1.54) is 6.33 Å². The number of rotatable bonds is 5. The number of benzene rings is 2. The van der Waals surface area contributed by atoms with Crippen LogP contribution in [-0.2, 0) is 9.59 Å². The minimum atomic E-state index is -0.272. The molecule has 0 bridgehead atoms. The van der Waals surface area contributed by atoms with E-state index in [9.17, 15) is 9.59 Å². The fourth-order valence-electron chi connectivity index (χ4n) is 2.96. The molecule has 142 valence electrons. The van der Waals surface area contributed by atoms with Gasteiger partial charge in [-0.05, 0) is 42.0 Å². The number of ether oxygens (including phenoxy) is 1. The second-order valence-corrected chi connectivity index (χ2v) is 7.13. The normalized spacial score (nSPS) is 15.5. The number of hydrogen-bond acceptors (Lipinski definition) is 5. The van der Waals surface area contributed by atoms with Crippen LogP contribution in [0.25, 0.3) is 0 Å². The van der Waals surface area contributed by atoms with Crippen molar-refractivity contribution in [3.8, 4) is 5.75 Å². The van der Waals surface area contributed by atoms with Crippen LogP contribution in [-0.4, -0.2) is 33.2 Å². The number of carbonyl (C=O) groups excluding carboxylic acids is 2. The number of aromatic nitrogens is 3. The van der Waals surface area contributed by atoms with Crippen molar-refractivity contribution in [3.63, 3.8) is 0 Å². The molecule has 0 unspecified atom stereocenters. The van der Waals surface area contributed by atoms with Crippen LogP contribution in [0.2, 0.25) is 0 Å². The van der Waals surface area contributed by atoms with E-state index in [0.29, 0.717) is 17.4 Å². The van der Waals surface area contributed by atoms with Crippen LogP contribution >= 0.6 is 15.9 Å². The highest BCUT2D eigenvalue weighted by Crippen LogP contribution is 2.30. The van der Waals surface area contributed by atoms with Gasteiger partial charge in [0.15, 0.2) is 6.61 Å².